The molecule has 138 valence electrons. The van der Waals surface area contributed by atoms with Gasteiger partial charge in [-0.1, -0.05) is 12.1 Å². The smallest absolute Gasteiger partial charge is 0.255 e. The zero-order chi connectivity index (χ0) is 19.2. The molecule has 3 aromatic rings. The van der Waals surface area contributed by atoms with E-state index in [2.05, 4.69) is 10.3 Å². The fourth-order valence-electron chi connectivity index (χ4n) is 2.45. The molecule has 0 radical (unpaired) electrons. The highest BCUT2D eigenvalue weighted by Crippen LogP contribution is 2.16. The molecule has 0 atom stereocenters. The molecule has 27 heavy (non-hydrogen) atoms. The standard InChI is InChI=1S/C20H17F2N3O2/c21-15-8-14(9-16(22)10-15)12-27-17-5-3-13(4-6-17)11-25-20(26)18-2-1-7-24-19(18)23/h1-10H,11-12H2,(H2,23,24)(H,25,26). The number of pyridine rings is 1. The Morgan fingerprint density at radius 3 is 2.41 bits per heavy atom. The number of nitrogens with two attached hydrogens (primary N) is 1. The van der Waals surface area contributed by atoms with E-state index in [-0.39, 0.29) is 18.3 Å². The molecule has 0 saturated heterocycles. The van der Waals surface area contributed by atoms with Gasteiger partial charge in [0.15, 0.2) is 0 Å². The third-order valence-corrected chi connectivity index (χ3v) is 3.79. The van der Waals surface area contributed by atoms with Crippen molar-refractivity contribution < 1.29 is 18.3 Å². The molecule has 0 aliphatic rings. The summed E-state index contributed by atoms with van der Waals surface area (Å²) >= 11 is 0. The number of ether oxygens (including phenoxy) is 1. The van der Waals surface area contributed by atoms with Crippen LogP contribution in [0, 0.1) is 11.6 Å². The van der Waals surface area contributed by atoms with Gasteiger partial charge in [0.25, 0.3) is 5.91 Å². The highest BCUT2D eigenvalue weighted by Gasteiger charge is 2.09. The topological polar surface area (TPSA) is 77.2 Å². The van der Waals surface area contributed by atoms with E-state index in [4.69, 9.17) is 10.5 Å². The van der Waals surface area contributed by atoms with Gasteiger partial charge in [-0.15, -0.1) is 0 Å². The molecule has 1 aromatic heterocycles. The lowest BCUT2D eigenvalue weighted by Gasteiger charge is -2.09. The number of amides is 1. The second-order valence-electron chi connectivity index (χ2n) is 5.83. The molecule has 0 aliphatic carbocycles. The number of hydrogen-bond donors (Lipinski definition) is 2. The number of nitrogen functional groups attached to an aromatic ring is 1. The molecule has 7 heteroatoms. The zero-order valence-electron chi connectivity index (χ0n) is 14.3. The number of carbonyl (C=O) groups excluding carboxylic acids is 1. The molecule has 3 rings (SSSR count). The number of nitrogens with one attached hydrogen (secondary N) is 1. The van der Waals surface area contributed by atoms with Crippen molar-refractivity contribution in [3.8, 4) is 5.75 Å². The maximum Gasteiger partial charge on any atom is 0.255 e. The molecule has 5 nitrogen and oxygen atoms in total. The summed E-state index contributed by atoms with van der Waals surface area (Å²) in [5, 5.41) is 2.76. The van der Waals surface area contributed by atoms with Crippen LogP contribution >= 0.6 is 0 Å². The lowest BCUT2D eigenvalue weighted by molar-refractivity contribution is 0.0951. The molecule has 3 N–H and O–H groups in total. The van der Waals surface area contributed by atoms with E-state index >= 15 is 0 Å². The summed E-state index contributed by atoms with van der Waals surface area (Å²) in [5.41, 5.74) is 7.25. The van der Waals surface area contributed by atoms with Crippen molar-refractivity contribution in [3.63, 3.8) is 0 Å². The number of aromatic nitrogens is 1. The summed E-state index contributed by atoms with van der Waals surface area (Å²) in [6.45, 7) is 0.355. The predicted molar refractivity (Wildman–Crippen MR) is 97.0 cm³/mol. The van der Waals surface area contributed by atoms with E-state index in [0.29, 0.717) is 23.4 Å². The number of halogens is 2. The van der Waals surface area contributed by atoms with Gasteiger partial charge in [-0.2, -0.15) is 0 Å². The summed E-state index contributed by atoms with van der Waals surface area (Å²) < 4.78 is 31.8. The highest BCUT2D eigenvalue weighted by atomic mass is 19.1. The van der Waals surface area contributed by atoms with Gasteiger partial charge in [0, 0.05) is 18.8 Å². The van der Waals surface area contributed by atoms with E-state index in [9.17, 15) is 13.6 Å². The number of carbonyl (C=O) groups is 1. The van der Waals surface area contributed by atoms with Crippen molar-refractivity contribution >= 4 is 11.7 Å². The average Bonchev–Trinajstić information content (AvgIpc) is 2.65. The van der Waals surface area contributed by atoms with Gasteiger partial charge in [0.2, 0.25) is 0 Å². The van der Waals surface area contributed by atoms with Crippen LogP contribution in [0.25, 0.3) is 0 Å². The molecule has 1 heterocycles. The van der Waals surface area contributed by atoms with Crippen LogP contribution in [0.2, 0.25) is 0 Å². The molecule has 0 spiro atoms. The first-order chi connectivity index (χ1) is 13.0. The first-order valence-corrected chi connectivity index (χ1v) is 8.16. The first-order valence-electron chi connectivity index (χ1n) is 8.16. The number of benzene rings is 2. The van der Waals surface area contributed by atoms with Gasteiger partial charge in [-0.25, -0.2) is 13.8 Å². The van der Waals surface area contributed by atoms with Crippen molar-refractivity contribution in [2.75, 3.05) is 5.73 Å². The largest absolute Gasteiger partial charge is 0.489 e. The van der Waals surface area contributed by atoms with Crippen molar-refractivity contribution in [3.05, 3.63) is 89.1 Å². The summed E-state index contributed by atoms with van der Waals surface area (Å²) in [4.78, 5) is 16.0. The summed E-state index contributed by atoms with van der Waals surface area (Å²) in [6, 6.07) is 13.5. The van der Waals surface area contributed by atoms with Crippen LogP contribution < -0.4 is 15.8 Å². The maximum atomic E-state index is 13.2. The fourth-order valence-corrected chi connectivity index (χ4v) is 2.45. The summed E-state index contributed by atoms with van der Waals surface area (Å²) in [6.07, 6.45) is 1.52. The van der Waals surface area contributed by atoms with Gasteiger partial charge in [0.05, 0.1) is 5.56 Å². The Labute approximate surface area is 154 Å². The minimum atomic E-state index is -0.644. The van der Waals surface area contributed by atoms with Gasteiger partial charge in [-0.05, 0) is 47.5 Å². The molecule has 0 bridgehead atoms. The zero-order valence-corrected chi connectivity index (χ0v) is 14.3. The van der Waals surface area contributed by atoms with E-state index in [1.54, 1.807) is 36.4 Å². The molecule has 1 amide bonds. The Bertz CT molecular complexity index is 926. The maximum absolute atomic E-state index is 13.2. The molecular weight excluding hydrogens is 352 g/mol. The monoisotopic (exact) mass is 369 g/mol. The molecule has 0 fully saturated rings. The van der Waals surface area contributed by atoms with Crippen molar-refractivity contribution in [1.29, 1.82) is 0 Å². The molecule has 0 unspecified atom stereocenters. The van der Waals surface area contributed by atoms with Crippen LogP contribution in [0.5, 0.6) is 5.75 Å². The van der Waals surface area contributed by atoms with Crippen molar-refractivity contribution in [2.24, 2.45) is 0 Å². The van der Waals surface area contributed by atoms with Crippen molar-refractivity contribution in [1.82, 2.24) is 10.3 Å². The third-order valence-electron chi connectivity index (χ3n) is 3.79. The van der Waals surface area contributed by atoms with Crippen LogP contribution in [-0.4, -0.2) is 10.9 Å². The Morgan fingerprint density at radius 2 is 1.74 bits per heavy atom. The SMILES string of the molecule is Nc1ncccc1C(=O)NCc1ccc(OCc2cc(F)cc(F)c2)cc1. The van der Waals surface area contributed by atoms with Crippen LogP contribution in [0.4, 0.5) is 14.6 Å². The Morgan fingerprint density at radius 1 is 1.04 bits per heavy atom. The quantitative estimate of drug-likeness (QED) is 0.698. The van der Waals surface area contributed by atoms with E-state index in [1.807, 2.05) is 0 Å². The van der Waals surface area contributed by atoms with Crippen LogP contribution in [0.15, 0.2) is 60.8 Å². The molecule has 2 aromatic carbocycles. The second kappa shape index (κ2) is 8.27. The van der Waals surface area contributed by atoms with Gasteiger partial charge < -0.3 is 15.8 Å². The number of hydrogen-bond acceptors (Lipinski definition) is 4. The van der Waals surface area contributed by atoms with Gasteiger partial charge >= 0.3 is 0 Å². The highest BCUT2D eigenvalue weighted by molar-refractivity contribution is 5.98. The lowest BCUT2D eigenvalue weighted by atomic mass is 10.2. The van der Waals surface area contributed by atoms with Gasteiger partial charge in [0.1, 0.15) is 29.8 Å². The van der Waals surface area contributed by atoms with Crippen LogP contribution in [0.1, 0.15) is 21.5 Å². The Hall–Kier alpha value is -3.48. The summed E-state index contributed by atoms with van der Waals surface area (Å²) in [7, 11) is 0. The van der Waals surface area contributed by atoms with Crippen molar-refractivity contribution in [2.45, 2.75) is 13.2 Å². The minimum Gasteiger partial charge on any atom is -0.489 e. The molecule has 0 saturated carbocycles. The normalized spacial score (nSPS) is 10.4. The molecular formula is C20H17F2N3O2. The second-order valence-corrected chi connectivity index (χ2v) is 5.83. The predicted octanol–water partition coefficient (Wildman–Crippen LogP) is 3.45. The molecule has 0 aliphatic heterocycles. The lowest BCUT2D eigenvalue weighted by Crippen LogP contribution is -2.24. The summed E-state index contributed by atoms with van der Waals surface area (Å²) in [5.74, 6) is -0.879. The van der Waals surface area contributed by atoms with E-state index < -0.39 is 11.6 Å². The Kier molecular flexibility index (Phi) is 5.61. The van der Waals surface area contributed by atoms with Gasteiger partial charge in [-0.3, -0.25) is 4.79 Å². The Balaban J connectivity index is 1.54. The minimum absolute atomic E-state index is 0.0467. The average molecular weight is 369 g/mol. The van der Waals surface area contributed by atoms with E-state index in [1.165, 1.54) is 18.3 Å². The van der Waals surface area contributed by atoms with Crippen LogP contribution in [-0.2, 0) is 13.2 Å². The van der Waals surface area contributed by atoms with Crippen LogP contribution in [0.3, 0.4) is 0 Å². The number of nitrogens with zero attached hydrogens (tertiary/aromatic N) is 1. The van der Waals surface area contributed by atoms with E-state index in [0.717, 1.165) is 11.6 Å². The third kappa shape index (κ3) is 5.01. The fraction of sp³-hybridized carbons (Fsp3) is 0.100. The number of rotatable bonds is 6. The first kappa shape index (κ1) is 18.3. The number of anilines is 1.